The Morgan fingerprint density at radius 2 is 1.60 bits per heavy atom. The first-order chi connectivity index (χ1) is 4.34. The van der Waals surface area contributed by atoms with Gasteiger partial charge < -0.3 is 5.11 Å². The van der Waals surface area contributed by atoms with Gasteiger partial charge in [0.2, 0.25) is 0 Å². The summed E-state index contributed by atoms with van der Waals surface area (Å²) >= 11 is 0. The van der Waals surface area contributed by atoms with Crippen LogP contribution in [0.5, 0.6) is 0 Å². The van der Waals surface area contributed by atoms with Gasteiger partial charge in [0.15, 0.2) is 6.42 Å². The van der Waals surface area contributed by atoms with Crippen molar-refractivity contribution < 1.29 is 29.4 Å². The molecule has 0 saturated heterocycles. The van der Waals surface area contributed by atoms with Crippen molar-refractivity contribution in [2.75, 3.05) is 0 Å². The Kier molecular flexibility index (Phi) is 2.86. The molecule has 0 aliphatic rings. The van der Waals surface area contributed by atoms with E-state index in [9.17, 15) is 9.59 Å². The highest BCUT2D eigenvalue weighted by Crippen LogP contribution is 2.46. The second kappa shape index (κ2) is 3.03. The van der Waals surface area contributed by atoms with Gasteiger partial charge in [-0.3, -0.25) is 4.79 Å². The third kappa shape index (κ3) is 3.47. The van der Waals surface area contributed by atoms with Gasteiger partial charge in [0, 0.05) is 0 Å². The number of carbonyl (C=O) groups excluding carboxylic acids is 1. The summed E-state index contributed by atoms with van der Waals surface area (Å²) in [6.07, 6.45) is -1.07. The molecule has 0 heterocycles. The lowest BCUT2D eigenvalue weighted by Gasteiger charge is -1.97. The number of hydrogen-bond donors (Lipinski definition) is 4. The predicted molar refractivity (Wildman–Crippen MR) is 30.8 cm³/mol. The molecule has 0 aromatic heterocycles. The number of carboxylic acids is 1. The van der Waals surface area contributed by atoms with Crippen LogP contribution in [0.4, 0.5) is 0 Å². The zero-order valence-corrected chi connectivity index (χ0v) is 5.65. The lowest BCUT2D eigenvalue weighted by Crippen LogP contribution is -2.10. The highest BCUT2D eigenvalue weighted by atomic mass is 31.2. The maximum Gasteiger partial charge on any atom is 0.479 e. The zero-order valence-electron chi connectivity index (χ0n) is 4.76. The van der Waals surface area contributed by atoms with E-state index in [4.69, 9.17) is 19.8 Å². The summed E-state index contributed by atoms with van der Waals surface area (Å²) in [7, 11) is -4.58. The van der Waals surface area contributed by atoms with Crippen LogP contribution >= 0.6 is 7.94 Å². The van der Waals surface area contributed by atoms with Gasteiger partial charge in [0.05, 0.1) is 0 Å². The van der Waals surface area contributed by atoms with Crippen molar-refractivity contribution in [1.82, 2.24) is 0 Å². The Hall–Kier alpha value is -0.550. The van der Waals surface area contributed by atoms with Crippen molar-refractivity contribution in [3.63, 3.8) is 0 Å². The lowest BCUT2D eigenvalue weighted by atomic mass is 10.5. The van der Waals surface area contributed by atoms with Crippen LogP contribution in [0.1, 0.15) is 6.42 Å². The van der Waals surface area contributed by atoms with Gasteiger partial charge in [0.1, 0.15) is 0 Å². The van der Waals surface area contributed by atoms with E-state index in [1.807, 2.05) is 0 Å². The minimum atomic E-state index is -4.58. The normalized spacial score (nSPS) is 11.1. The van der Waals surface area contributed by atoms with E-state index in [0.717, 1.165) is 0 Å². The fourth-order valence-corrected chi connectivity index (χ4v) is 0.583. The molecule has 0 rings (SSSR count). The molecule has 0 radical (unpaired) electrons. The zero-order chi connectivity index (χ0) is 8.36. The molecule has 0 aliphatic heterocycles. The van der Waals surface area contributed by atoms with Crippen LogP contribution < -0.4 is 0 Å². The number of aliphatic carboxylic acids is 1. The van der Waals surface area contributed by atoms with E-state index in [-0.39, 0.29) is 0 Å². The van der Waals surface area contributed by atoms with Crippen LogP contribution in [-0.4, -0.2) is 31.3 Å². The molecule has 0 spiro atoms. The number of carbonyl (C=O) groups is 2. The smallest absolute Gasteiger partial charge is 0.479 e. The van der Waals surface area contributed by atoms with Crippen LogP contribution in [-0.2, 0) is 9.59 Å². The van der Waals surface area contributed by atoms with Crippen molar-refractivity contribution >= 4 is 19.4 Å². The summed E-state index contributed by atoms with van der Waals surface area (Å²) in [5.41, 5.74) is -1.46. The van der Waals surface area contributed by atoms with Crippen molar-refractivity contribution in [2.24, 2.45) is 0 Å². The van der Waals surface area contributed by atoms with Crippen LogP contribution in [0.15, 0.2) is 0 Å². The Bertz CT molecular complexity index is 157. The molecule has 7 heteroatoms. The van der Waals surface area contributed by atoms with Gasteiger partial charge in [-0.25, -0.2) is 4.79 Å². The molecule has 0 fully saturated rings. The highest BCUT2D eigenvalue weighted by Gasteiger charge is 2.43. The molecule has 6 nitrogen and oxygen atoms in total. The predicted octanol–water partition coefficient (Wildman–Crippen LogP) is -1.27. The maximum absolute atomic E-state index is 10.2. The minimum absolute atomic E-state index is 1.07. The number of hydrogen-bond acceptors (Lipinski definition) is 5. The summed E-state index contributed by atoms with van der Waals surface area (Å²) in [5, 5.41) is 7.91. The van der Waals surface area contributed by atoms with Crippen molar-refractivity contribution in [3.8, 4) is 0 Å². The Balaban J connectivity index is 3.99. The van der Waals surface area contributed by atoms with E-state index in [0.29, 0.717) is 0 Å². The topological polar surface area (TPSA) is 115 Å². The maximum atomic E-state index is 10.2. The van der Waals surface area contributed by atoms with E-state index in [1.165, 1.54) is 0 Å². The van der Waals surface area contributed by atoms with Crippen molar-refractivity contribution in [1.29, 1.82) is 0 Å². The second-order valence-electron chi connectivity index (χ2n) is 1.53. The largest absolute Gasteiger partial charge is 0.481 e. The fourth-order valence-electron chi connectivity index (χ4n) is 0.235. The Labute approximate surface area is 56.3 Å². The van der Waals surface area contributed by atoms with E-state index in [2.05, 4.69) is 0 Å². The van der Waals surface area contributed by atoms with Gasteiger partial charge >= 0.3 is 19.4 Å². The molecular formula is C3H6O6P+. The summed E-state index contributed by atoms with van der Waals surface area (Å²) < 4.78 is 0. The molecule has 0 atom stereocenters. The van der Waals surface area contributed by atoms with Crippen LogP contribution in [0, 0.1) is 0 Å². The molecule has 0 saturated carbocycles. The lowest BCUT2D eigenvalue weighted by molar-refractivity contribution is -0.139. The molecule has 10 heavy (non-hydrogen) atoms. The summed E-state index contributed by atoms with van der Waals surface area (Å²) in [6, 6.07) is 0. The molecule has 0 amide bonds. The first kappa shape index (κ1) is 9.45. The Morgan fingerprint density at radius 1 is 1.20 bits per heavy atom. The van der Waals surface area contributed by atoms with Gasteiger partial charge in [-0.05, 0) is 0 Å². The minimum Gasteiger partial charge on any atom is -0.481 e. The van der Waals surface area contributed by atoms with E-state index < -0.39 is 25.9 Å². The van der Waals surface area contributed by atoms with Crippen LogP contribution in [0.3, 0.4) is 0 Å². The number of rotatable bonds is 3. The molecule has 0 aromatic rings. The summed E-state index contributed by atoms with van der Waals surface area (Å²) in [6.45, 7) is 0. The van der Waals surface area contributed by atoms with Gasteiger partial charge in [0.25, 0.3) is 0 Å². The quantitative estimate of drug-likeness (QED) is 0.309. The van der Waals surface area contributed by atoms with E-state index >= 15 is 0 Å². The van der Waals surface area contributed by atoms with Crippen molar-refractivity contribution in [3.05, 3.63) is 0 Å². The standard InChI is InChI=1S/C3H5O6P/c4-2(5)1-3(6)10(7,8)9/h7-9H,1H2/p+1. The van der Waals surface area contributed by atoms with Crippen LogP contribution in [0.2, 0.25) is 0 Å². The first-order valence-electron chi connectivity index (χ1n) is 2.16. The van der Waals surface area contributed by atoms with E-state index in [1.54, 1.807) is 0 Å². The van der Waals surface area contributed by atoms with Gasteiger partial charge in [-0.1, -0.05) is 0 Å². The molecule has 0 aliphatic carbocycles. The average Bonchev–Trinajstić information content (AvgIpc) is 1.60. The molecular weight excluding hydrogens is 163 g/mol. The molecule has 0 aromatic carbocycles. The third-order valence-corrected chi connectivity index (χ3v) is 1.46. The molecule has 0 unspecified atom stereocenters. The monoisotopic (exact) mass is 169 g/mol. The number of carboxylic acid groups (broad SMARTS) is 1. The fraction of sp³-hybridized carbons (Fsp3) is 0.333. The first-order valence-corrected chi connectivity index (χ1v) is 3.81. The molecule has 0 bridgehead atoms. The second-order valence-corrected chi connectivity index (χ2v) is 3.17. The molecule has 4 N–H and O–H groups in total. The van der Waals surface area contributed by atoms with Crippen molar-refractivity contribution in [2.45, 2.75) is 6.42 Å². The SMILES string of the molecule is O=C(O)CC(=O)[P+](O)(O)O. The Morgan fingerprint density at radius 3 is 1.70 bits per heavy atom. The van der Waals surface area contributed by atoms with Gasteiger partial charge in [-0.2, -0.15) is 14.7 Å². The summed E-state index contributed by atoms with van der Waals surface area (Å²) in [5.74, 6) is -1.51. The summed E-state index contributed by atoms with van der Waals surface area (Å²) in [4.78, 5) is 44.3. The van der Waals surface area contributed by atoms with Gasteiger partial charge in [-0.15, -0.1) is 0 Å². The third-order valence-electron chi connectivity index (χ3n) is 0.637. The molecule has 58 valence electrons. The average molecular weight is 169 g/mol. The highest BCUT2D eigenvalue weighted by molar-refractivity contribution is 7.76. The van der Waals surface area contributed by atoms with Crippen LogP contribution in [0.25, 0.3) is 0 Å².